The Kier molecular flexibility index (Phi) is 3.81. The standard InChI is InChI=1S/C10H14N4O4S/c1-8-12-10(5-13(8)2)19(16,17)14-3-4-18-6-9(14)11-7-15/h5,9H,3-4,6H2,1-2H3. The van der Waals surface area contributed by atoms with Gasteiger partial charge in [-0.2, -0.15) is 9.30 Å². The van der Waals surface area contributed by atoms with Gasteiger partial charge in [0.05, 0.1) is 13.2 Å². The maximum atomic E-state index is 12.4. The Balaban J connectivity index is 2.39. The van der Waals surface area contributed by atoms with Gasteiger partial charge in [-0.05, 0) is 6.92 Å². The summed E-state index contributed by atoms with van der Waals surface area (Å²) >= 11 is 0. The molecular weight excluding hydrogens is 272 g/mol. The fourth-order valence-electron chi connectivity index (χ4n) is 1.79. The number of imidazole rings is 1. The predicted molar refractivity (Wildman–Crippen MR) is 64.6 cm³/mol. The minimum Gasteiger partial charge on any atom is -0.376 e. The van der Waals surface area contributed by atoms with Crippen molar-refractivity contribution in [1.29, 1.82) is 0 Å². The summed E-state index contributed by atoms with van der Waals surface area (Å²) in [5, 5.41) is -0.0551. The highest BCUT2D eigenvalue weighted by molar-refractivity contribution is 7.89. The molecule has 1 atom stereocenters. The molecule has 0 aliphatic carbocycles. The zero-order chi connectivity index (χ0) is 14.0. The van der Waals surface area contributed by atoms with Crippen LogP contribution in [0.4, 0.5) is 0 Å². The van der Waals surface area contributed by atoms with Crippen LogP contribution in [0.15, 0.2) is 16.2 Å². The Bertz CT molecular complexity index is 598. The predicted octanol–water partition coefficient (Wildman–Crippen LogP) is -0.589. The molecule has 104 valence electrons. The Morgan fingerprint density at radius 3 is 2.89 bits per heavy atom. The summed E-state index contributed by atoms with van der Waals surface area (Å²) in [6, 6.07) is 0. The lowest BCUT2D eigenvalue weighted by Crippen LogP contribution is -2.47. The van der Waals surface area contributed by atoms with Gasteiger partial charge in [0.25, 0.3) is 10.0 Å². The van der Waals surface area contributed by atoms with E-state index in [4.69, 9.17) is 4.74 Å². The van der Waals surface area contributed by atoms with E-state index in [0.717, 1.165) is 4.31 Å². The average molecular weight is 286 g/mol. The van der Waals surface area contributed by atoms with Gasteiger partial charge < -0.3 is 9.30 Å². The van der Waals surface area contributed by atoms with Crippen LogP contribution in [-0.2, 0) is 26.6 Å². The van der Waals surface area contributed by atoms with Crippen LogP contribution in [0.3, 0.4) is 0 Å². The summed E-state index contributed by atoms with van der Waals surface area (Å²) < 4.78 is 32.7. The van der Waals surface area contributed by atoms with Crippen LogP contribution in [0, 0.1) is 6.92 Å². The average Bonchev–Trinajstić information content (AvgIpc) is 2.71. The SMILES string of the molecule is Cc1nc(S(=O)(=O)N2CCOCC2N=C=O)cn1C. The zero-order valence-electron chi connectivity index (χ0n) is 10.6. The summed E-state index contributed by atoms with van der Waals surface area (Å²) in [7, 11) is -2.08. The lowest BCUT2D eigenvalue weighted by atomic mass is 10.4. The van der Waals surface area contributed by atoms with E-state index in [-0.39, 0.29) is 24.8 Å². The number of sulfonamides is 1. The molecule has 1 fully saturated rings. The molecule has 2 rings (SSSR count). The van der Waals surface area contributed by atoms with E-state index in [2.05, 4.69) is 9.98 Å². The molecule has 1 unspecified atom stereocenters. The number of isocyanates is 1. The third-order valence-corrected chi connectivity index (χ3v) is 4.69. The van der Waals surface area contributed by atoms with Crippen LogP contribution in [-0.4, -0.2) is 54.3 Å². The molecule has 1 aliphatic heterocycles. The van der Waals surface area contributed by atoms with Gasteiger partial charge in [-0.3, -0.25) is 0 Å². The molecule has 0 bridgehead atoms. The monoisotopic (exact) mass is 286 g/mol. The Hall–Kier alpha value is -1.54. The summed E-state index contributed by atoms with van der Waals surface area (Å²) in [5.74, 6) is 0.585. The molecule has 0 amide bonds. The first-order chi connectivity index (χ1) is 8.96. The van der Waals surface area contributed by atoms with Crippen molar-refractivity contribution in [3.05, 3.63) is 12.0 Å². The van der Waals surface area contributed by atoms with Crippen molar-refractivity contribution in [3.8, 4) is 0 Å². The zero-order valence-corrected chi connectivity index (χ0v) is 11.4. The van der Waals surface area contributed by atoms with Gasteiger partial charge in [-0.15, -0.1) is 0 Å². The molecule has 1 aromatic heterocycles. The molecule has 8 nitrogen and oxygen atoms in total. The molecule has 1 saturated heterocycles. The molecule has 2 heterocycles. The molecule has 0 saturated carbocycles. The van der Waals surface area contributed by atoms with Crippen LogP contribution in [0.5, 0.6) is 0 Å². The second-order valence-electron chi connectivity index (χ2n) is 4.13. The number of ether oxygens (including phenoxy) is 1. The summed E-state index contributed by atoms with van der Waals surface area (Å²) in [6.45, 7) is 2.14. The summed E-state index contributed by atoms with van der Waals surface area (Å²) in [5.41, 5.74) is 0. The number of hydrogen-bond acceptors (Lipinski definition) is 6. The lowest BCUT2D eigenvalue weighted by Gasteiger charge is -2.30. The van der Waals surface area contributed by atoms with Crippen molar-refractivity contribution in [2.24, 2.45) is 12.0 Å². The van der Waals surface area contributed by atoms with E-state index in [1.165, 1.54) is 12.3 Å². The minimum atomic E-state index is -3.79. The molecule has 0 aromatic carbocycles. The van der Waals surface area contributed by atoms with E-state index in [9.17, 15) is 13.2 Å². The molecule has 19 heavy (non-hydrogen) atoms. The van der Waals surface area contributed by atoms with Crippen molar-refractivity contribution in [2.75, 3.05) is 19.8 Å². The lowest BCUT2D eigenvalue weighted by molar-refractivity contribution is 0.0358. The first-order valence-electron chi connectivity index (χ1n) is 5.63. The summed E-state index contributed by atoms with van der Waals surface area (Å²) in [4.78, 5) is 17.8. The molecular formula is C10H14N4O4S. The number of aryl methyl sites for hydroxylation is 2. The van der Waals surface area contributed by atoms with E-state index in [1.54, 1.807) is 18.5 Å². The first-order valence-corrected chi connectivity index (χ1v) is 7.07. The highest BCUT2D eigenvalue weighted by Gasteiger charge is 2.35. The van der Waals surface area contributed by atoms with Gasteiger partial charge in [0.2, 0.25) is 6.08 Å². The molecule has 0 N–H and O–H groups in total. The number of morpholine rings is 1. The molecule has 9 heteroatoms. The maximum absolute atomic E-state index is 12.4. The topological polar surface area (TPSA) is 93.9 Å². The number of aliphatic imine (C=N–C) groups is 1. The molecule has 1 aromatic rings. The molecule has 1 aliphatic rings. The Morgan fingerprint density at radius 2 is 2.32 bits per heavy atom. The van der Waals surface area contributed by atoms with Crippen LogP contribution in [0.1, 0.15) is 5.82 Å². The van der Waals surface area contributed by atoms with Gasteiger partial charge in [0, 0.05) is 19.8 Å². The van der Waals surface area contributed by atoms with Gasteiger partial charge in [-0.25, -0.2) is 18.2 Å². The van der Waals surface area contributed by atoms with Crippen molar-refractivity contribution in [2.45, 2.75) is 18.1 Å². The van der Waals surface area contributed by atoms with Gasteiger partial charge >= 0.3 is 0 Å². The van der Waals surface area contributed by atoms with Gasteiger partial charge in [-0.1, -0.05) is 0 Å². The van der Waals surface area contributed by atoms with E-state index < -0.39 is 16.2 Å². The molecule has 0 spiro atoms. The van der Waals surface area contributed by atoms with Crippen molar-refractivity contribution in [3.63, 3.8) is 0 Å². The van der Waals surface area contributed by atoms with Crippen LogP contribution in [0.25, 0.3) is 0 Å². The van der Waals surface area contributed by atoms with E-state index >= 15 is 0 Å². The number of rotatable bonds is 3. The third-order valence-electron chi connectivity index (χ3n) is 2.92. The van der Waals surface area contributed by atoms with Gasteiger partial charge in [0.1, 0.15) is 5.82 Å². The largest absolute Gasteiger partial charge is 0.376 e. The number of aromatic nitrogens is 2. The number of carbonyl (C=O) groups excluding carboxylic acids is 1. The molecule has 0 radical (unpaired) electrons. The highest BCUT2D eigenvalue weighted by Crippen LogP contribution is 2.20. The highest BCUT2D eigenvalue weighted by atomic mass is 32.2. The van der Waals surface area contributed by atoms with Gasteiger partial charge in [0.15, 0.2) is 11.2 Å². The second kappa shape index (κ2) is 5.22. The quantitative estimate of drug-likeness (QED) is 0.547. The Morgan fingerprint density at radius 1 is 1.58 bits per heavy atom. The minimum absolute atomic E-state index is 0.0420. The van der Waals surface area contributed by atoms with Crippen LogP contribution >= 0.6 is 0 Å². The van der Waals surface area contributed by atoms with E-state index in [1.807, 2.05) is 0 Å². The van der Waals surface area contributed by atoms with Crippen LogP contribution < -0.4 is 0 Å². The number of nitrogens with zero attached hydrogens (tertiary/aromatic N) is 4. The Labute approximate surface area is 110 Å². The summed E-state index contributed by atoms with van der Waals surface area (Å²) in [6.07, 6.45) is 1.93. The normalized spacial score (nSPS) is 21.1. The van der Waals surface area contributed by atoms with Crippen molar-refractivity contribution >= 4 is 16.1 Å². The third kappa shape index (κ3) is 2.59. The van der Waals surface area contributed by atoms with Crippen molar-refractivity contribution in [1.82, 2.24) is 13.9 Å². The second-order valence-corrected chi connectivity index (χ2v) is 5.97. The van der Waals surface area contributed by atoms with E-state index in [0.29, 0.717) is 5.82 Å². The fraction of sp³-hybridized carbons (Fsp3) is 0.600. The smallest absolute Gasteiger partial charge is 0.264 e. The first kappa shape index (κ1) is 13.9. The van der Waals surface area contributed by atoms with Crippen LogP contribution in [0.2, 0.25) is 0 Å². The maximum Gasteiger partial charge on any atom is 0.264 e. The fourth-order valence-corrected chi connectivity index (χ4v) is 3.31. The van der Waals surface area contributed by atoms with Crippen molar-refractivity contribution < 1.29 is 17.9 Å². The number of hydrogen-bond donors (Lipinski definition) is 0.